The lowest BCUT2D eigenvalue weighted by atomic mass is 10.1. The average Bonchev–Trinajstić information content (AvgIpc) is 2.50. The highest BCUT2D eigenvalue weighted by Gasteiger charge is 2.06. The Labute approximate surface area is 64.9 Å². The van der Waals surface area contributed by atoms with Gasteiger partial charge in [-0.2, -0.15) is 10.5 Å². The van der Waals surface area contributed by atoms with Crippen molar-refractivity contribution in [3.8, 4) is 12.3 Å². The predicted molar refractivity (Wildman–Crippen MR) is 43.8 cm³/mol. The van der Waals surface area contributed by atoms with Crippen LogP contribution >= 0.6 is 0 Å². The maximum Gasteiger partial charge on any atom is 0.0946 e. The lowest BCUT2D eigenvalue weighted by molar-refractivity contribution is 0.991. The molecule has 0 spiro atoms. The minimum atomic E-state index is 0.868. The van der Waals surface area contributed by atoms with Gasteiger partial charge in [-0.15, -0.1) is 6.42 Å². The van der Waals surface area contributed by atoms with Crippen LogP contribution in [0.5, 0.6) is 0 Å². The lowest BCUT2D eigenvalue weighted by Gasteiger charge is -1.94. The number of rotatable bonds is 0. The summed E-state index contributed by atoms with van der Waals surface area (Å²) in [6.45, 7) is 0. The lowest BCUT2D eigenvalue weighted by Crippen LogP contribution is -1.83. The van der Waals surface area contributed by atoms with Crippen LogP contribution in [0.4, 0.5) is 5.69 Å². The monoisotopic (exact) mass is 141 g/mol. The number of terminal acetylenes is 1. The Hall–Kier alpha value is -1.75. The van der Waals surface area contributed by atoms with Gasteiger partial charge in [-0.1, -0.05) is 5.92 Å². The molecule has 1 aliphatic heterocycles. The molecule has 0 aliphatic carbocycles. The van der Waals surface area contributed by atoms with Gasteiger partial charge in [-0.3, -0.25) is 0 Å². The maximum atomic E-state index is 5.22. The van der Waals surface area contributed by atoms with Crippen molar-refractivity contribution < 1.29 is 0 Å². The zero-order valence-corrected chi connectivity index (χ0v) is 5.78. The number of hydrogen-bond acceptors (Lipinski definition) is 1. The van der Waals surface area contributed by atoms with Gasteiger partial charge in [0.1, 0.15) is 0 Å². The van der Waals surface area contributed by atoms with Gasteiger partial charge >= 0.3 is 0 Å². The van der Waals surface area contributed by atoms with Crippen molar-refractivity contribution in [2.75, 3.05) is 0 Å². The predicted octanol–water partition coefficient (Wildman–Crippen LogP) is 1.25. The fraction of sp³-hybridized carbons (Fsp3) is 0. The molecule has 2 nitrogen and oxygen atoms in total. The van der Waals surface area contributed by atoms with E-state index in [1.807, 2.05) is 18.2 Å². The van der Waals surface area contributed by atoms with Crippen LogP contribution in [0.3, 0.4) is 0 Å². The second-order valence-electron chi connectivity index (χ2n) is 2.26. The Morgan fingerprint density at radius 2 is 2.27 bits per heavy atom. The molecule has 51 valence electrons. The van der Waals surface area contributed by atoms with Gasteiger partial charge in [0, 0.05) is 11.1 Å². The van der Waals surface area contributed by atoms with Gasteiger partial charge in [-0.05, 0) is 18.2 Å². The summed E-state index contributed by atoms with van der Waals surface area (Å²) < 4.78 is 0. The second-order valence-corrected chi connectivity index (χ2v) is 2.26. The Morgan fingerprint density at radius 3 is 3.09 bits per heavy atom. The fourth-order valence-corrected chi connectivity index (χ4v) is 0.992. The molecular weight excluding hydrogens is 136 g/mol. The van der Waals surface area contributed by atoms with E-state index in [0.29, 0.717) is 0 Å². The third-order valence-corrected chi connectivity index (χ3v) is 1.56. The van der Waals surface area contributed by atoms with Crippen molar-refractivity contribution in [1.29, 1.82) is 0 Å². The molecule has 0 saturated carbocycles. The van der Waals surface area contributed by atoms with E-state index in [-0.39, 0.29) is 0 Å². The van der Waals surface area contributed by atoms with Crippen LogP contribution in [-0.2, 0) is 0 Å². The zero-order valence-electron chi connectivity index (χ0n) is 5.78. The Kier molecular flexibility index (Phi) is 1.16. The van der Waals surface area contributed by atoms with Gasteiger partial charge in [0.15, 0.2) is 0 Å². The van der Waals surface area contributed by atoms with E-state index in [9.17, 15) is 0 Å². The number of fused-ring (bicyclic) bond motifs is 1. The summed E-state index contributed by atoms with van der Waals surface area (Å²) in [6.07, 6.45) is 6.92. The van der Waals surface area contributed by atoms with Crippen LogP contribution < -0.4 is 5.43 Å². The highest BCUT2D eigenvalue weighted by atomic mass is 15.3. The first kappa shape index (κ1) is 5.99. The summed E-state index contributed by atoms with van der Waals surface area (Å²) in [5.41, 5.74) is 6.64. The summed E-state index contributed by atoms with van der Waals surface area (Å²) in [4.78, 5) is 0. The normalized spacial score (nSPS) is 11.9. The molecule has 0 N–H and O–H groups in total. The van der Waals surface area contributed by atoms with E-state index in [1.165, 1.54) is 0 Å². The first-order valence-electron chi connectivity index (χ1n) is 3.25. The Bertz CT molecular complexity index is 358. The molecule has 0 fully saturated rings. The van der Waals surface area contributed by atoms with Gasteiger partial charge in [-0.25, -0.2) is 0 Å². The van der Waals surface area contributed by atoms with Crippen molar-refractivity contribution >= 4 is 11.9 Å². The molecule has 0 amide bonds. The van der Waals surface area contributed by atoms with Gasteiger partial charge < -0.3 is 0 Å². The fourth-order valence-electron chi connectivity index (χ4n) is 0.992. The van der Waals surface area contributed by atoms with Crippen LogP contribution in [-0.4, -0.2) is 6.21 Å². The molecule has 1 radical (unpaired) electrons. The van der Waals surface area contributed by atoms with Crippen LogP contribution in [0.15, 0.2) is 23.3 Å². The molecule has 1 aliphatic rings. The Morgan fingerprint density at radius 1 is 1.36 bits per heavy atom. The molecule has 0 unspecified atom stereocenters. The number of benzene rings is 1. The van der Waals surface area contributed by atoms with Gasteiger partial charge in [0.2, 0.25) is 0 Å². The molecule has 0 saturated heterocycles. The summed E-state index contributed by atoms with van der Waals surface area (Å²) in [5, 5.41) is 3.76. The minimum Gasteiger partial charge on any atom is -0.158 e. The summed E-state index contributed by atoms with van der Waals surface area (Å²) in [6, 6.07) is 5.63. The Balaban J connectivity index is 2.58. The van der Waals surface area contributed by atoms with E-state index in [4.69, 9.17) is 6.42 Å². The topological polar surface area (TPSA) is 26.5 Å². The first-order chi connectivity index (χ1) is 5.40. The van der Waals surface area contributed by atoms with Crippen molar-refractivity contribution in [2.45, 2.75) is 0 Å². The summed E-state index contributed by atoms with van der Waals surface area (Å²) >= 11 is 0. The summed E-state index contributed by atoms with van der Waals surface area (Å²) in [7, 11) is 0. The first-order valence-corrected chi connectivity index (χ1v) is 3.25. The number of nitrogens with zero attached hydrogens (tertiary/aromatic N) is 2. The SMILES string of the molecule is C#Cc1ccc2c(c1)C=N[N]2. The van der Waals surface area contributed by atoms with E-state index >= 15 is 0 Å². The minimum absolute atomic E-state index is 0.868. The van der Waals surface area contributed by atoms with E-state index < -0.39 is 0 Å². The van der Waals surface area contributed by atoms with Crippen molar-refractivity contribution in [3.63, 3.8) is 0 Å². The third kappa shape index (κ3) is 0.870. The highest BCUT2D eigenvalue weighted by molar-refractivity contribution is 5.89. The molecule has 11 heavy (non-hydrogen) atoms. The standard InChI is InChI=1S/C9H5N2/c1-2-7-3-4-9-8(5-7)6-10-11-9/h1,3-6H. The van der Waals surface area contributed by atoms with E-state index in [0.717, 1.165) is 16.8 Å². The molecule has 2 rings (SSSR count). The third-order valence-electron chi connectivity index (χ3n) is 1.56. The molecule has 0 bridgehead atoms. The van der Waals surface area contributed by atoms with Crippen molar-refractivity contribution in [1.82, 2.24) is 5.43 Å². The molecular formula is C9H5N2. The second kappa shape index (κ2) is 2.14. The molecule has 1 aromatic carbocycles. The van der Waals surface area contributed by atoms with Crippen molar-refractivity contribution in [3.05, 3.63) is 29.3 Å². The van der Waals surface area contributed by atoms with E-state index in [2.05, 4.69) is 16.4 Å². The summed E-state index contributed by atoms with van der Waals surface area (Å²) in [5.74, 6) is 2.55. The smallest absolute Gasteiger partial charge is 0.0946 e. The molecule has 2 heteroatoms. The van der Waals surface area contributed by atoms with Crippen molar-refractivity contribution in [2.24, 2.45) is 5.10 Å². The van der Waals surface area contributed by atoms with Crippen LogP contribution in [0.25, 0.3) is 0 Å². The highest BCUT2D eigenvalue weighted by Crippen LogP contribution is 2.19. The number of hydrogen-bond donors (Lipinski definition) is 0. The molecule has 1 heterocycles. The largest absolute Gasteiger partial charge is 0.158 e. The van der Waals surface area contributed by atoms with Gasteiger partial charge in [0.25, 0.3) is 0 Å². The van der Waals surface area contributed by atoms with Crippen LogP contribution in [0, 0.1) is 12.3 Å². The van der Waals surface area contributed by atoms with Crippen LogP contribution in [0.1, 0.15) is 11.1 Å². The molecule has 0 aromatic heterocycles. The average molecular weight is 141 g/mol. The van der Waals surface area contributed by atoms with E-state index in [1.54, 1.807) is 6.21 Å². The zero-order chi connectivity index (χ0) is 7.68. The maximum absolute atomic E-state index is 5.22. The van der Waals surface area contributed by atoms with Crippen LogP contribution in [0.2, 0.25) is 0 Å². The molecule has 1 aromatic rings. The van der Waals surface area contributed by atoms with Gasteiger partial charge in [0.05, 0.1) is 11.9 Å². The quantitative estimate of drug-likeness (QED) is 0.486. The molecule has 0 atom stereocenters.